The van der Waals surface area contributed by atoms with Crippen LogP contribution in [-0.4, -0.2) is 14.2 Å². The second kappa shape index (κ2) is 6.75. The van der Waals surface area contributed by atoms with Gasteiger partial charge in [-0.25, -0.2) is 17.2 Å². The SMILES string of the molecule is CCS(=O)(=O)Cc1ccc(Nc2ccc(F)cc2F)c(Br)c1. The molecule has 0 aromatic heterocycles. The largest absolute Gasteiger partial charge is 0.352 e. The van der Waals surface area contributed by atoms with Crippen LogP contribution in [0.4, 0.5) is 20.2 Å². The normalized spacial score (nSPS) is 11.5. The molecule has 0 unspecified atom stereocenters. The number of hydrogen-bond donors (Lipinski definition) is 1. The van der Waals surface area contributed by atoms with E-state index in [9.17, 15) is 17.2 Å². The van der Waals surface area contributed by atoms with Gasteiger partial charge >= 0.3 is 0 Å². The van der Waals surface area contributed by atoms with E-state index in [1.807, 2.05) is 0 Å². The molecule has 7 heteroatoms. The summed E-state index contributed by atoms with van der Waals surface area (Å²) in [5.74, 6) is -1.33. The number of nitrogens with one attached hydrogen (secondary N) is 1. The number of anilines is 2. The zero-order valence-electron chi connectivity index (χ0n) is 11.7. The van der Waals surface area contributed by atoms with Crippen LogP contribution in [0.1, 0.15) is 12.5 Å². The monoisotopic (exact) mass is 389 g/mol. The zero-order chi connectivity index (χ0) is 16.3. The molecule has 3 nitrogen and oxygen atoms in total. The van der Waals surface area contributed by atoms with Gasteiger partial charge in [0.25, 0.3) is 0 Å². The van der Waals surface area contributed by atoms with Crippen LogP contribution in [0.15, 0.2) is 40.9 Å². The average Bonchev–Trinajstić information content (AvgIpc) is 2.44. The van der Waals surface area contributed by atoms with E-state index in [2.05, 4.69) is 21.2 Å². The molecule has 0 spiro atoms. The second-order valence-electron chi connectivity index (χ2n) is 4.74. The minimum atomic E-state index is -3.12. The van der Waals surface area contributed by atoms with Crippen molar-refractivity contribution in [3.05, 3.63) is 58.1 Å². The van der Waals surface area contributed by atoms with Gasteiger partial charge in [-0.2, -0.15) is 0 Å². The van der Waals surface area contributed by atoms with Gasteiger partial charge in [0.15, 0.2) is 9.84 Å². The summed E-state index contributed by atoms with van der Waals surface area (Å²) in [6, 6.07) is 8.21. The highest BCUT2D eigenvalue weighted by atomic mass is 79.9. The van der Waals surface area contributed by atoms with Crippen LogP contribution in [0.5, 0.6) is 0 Å². The molecule has 0 aliphatic rings. The molecular weight excluding hydrogens is 376 g/mol. The van der Waals surface area contributed by atoms with Crippen molar-refractivity contribution in [1.29, 1.82) is 0 Å². The first-order chi connectivity index (χ1) is 10.3. The predicted octanol–water partition coefficient (Wildman–Crippen LogP) is 4.41. The van der Waals surface area contributed by atoms with Crippen molar-refractivity contribution < 1.29 is 17.2 Å². The number of halogens is 3. The van der Waals surface area contributed by atoms with E-state index >= 15 is 0 Å². The Morgan fingerprint density at radius 1 is 1.09 bits per heavy atom. The Labute approximate surface area is 136 Å². The quantitative estimate of drug-likeness (QED) is 0.823. The fourth-order valence-corrected chi connectivity index (χ4v) is 3.26. The van der Waals surface area contributed by atoms with Crippen LogP contribution in [0.2, 0.25) is 0 Å². The third kappa shape index (κ3) is 4.27. The minimum absolute atomic E-state index is 0.0483. The number of hydrogen-bond acceptors (Lipinski definition) is 3. The third-order valence-electron chi connectivity index (χ3n) is 3.06. The molecule has 118 valence electrons. The van der Waals surface area contributed by atoms with Crippen LogP contribution in [-0.2, 0) is 15.6 Å². The lowest BCUT2D eigenvalue weighted by molar-refractivity contribution is 0.586. The van der Waals surface area contributed by atoms with Crippen LogP contribution in [0.25, 0.3) is 0 Å². The topological polar surface area (TPSA) is 46.2 Å². The average molecular weight is 390 g/mol. The molecule has 2 aromatic carbocycles. The van der Waals surface area contributed by atoms with Gasteiger partial charge in [0.2, 0.25) is 0 Å². The molecule has 22 heavy (non-hydrogen) atoms. The molecule has 0 aliphatic carbocycles. The van der Waals surface area contributed by atoms with Gasteiger partial charge in [0.05, 0.1) is 17.1 Å². The van der Waals surface area contributed by atoms with Gasteiger partial charge < -0.3 is 5.32 Å². The van der Waals surface area contributed by atoms with Crippen molar-refractivity contribution >= 4 is 37.1 Å². The van der Waals surface area contributed by atoms with E-state index < -0.39 is 21.5 Å². The second-order valence-corrected chi connectivity index (χ2v) is 7.95. The number of rotatable bonds is 5. The zero-order valence-corrected chi connectivity index (χ0v) is 14.1. The molecule has 0 fully saturated rings. The molecule has 2 aromatic rings. The van der Waals surface area contributed by atoms with E-state index in [4.69, 9.17) is 0 Å². The molecule has 0 radical (unpaired) electrons. The molecule has 0 saturated carbocycles. The minimum Gasteiger partial charge on any atom is -0.352 e. The third-order valence-corrected chi connectivity index (χ3v) is 5.37. The Morgan fingerprint density at radius 2 is 1.77 bits per heavy atom. The first-order valence-corrected chi connectivity index (χ1v) is 9.13. The van der Waals surface area contributed by atoms with E-state index in [-0.39, 0.29) is 17.2 Å². The Balaban J connectivity index is 2.23. The highest BCUT2D eigenvalue weighted by Crippen LogP contribution is 2.29. The van der Waals surface area contributed by atoms with Crippen LogP contribution < -0.4 is 5.32 Å². The van der Waals surface area contributed by atoms with Gasteiger partial charge in [0.1, 0.15) is 11.6 Å². The predicted molar refractivity (Wildman–Crippen MR) is 86.9 cm³/mol. The number of benzene rings is 2. The fraction of sp³-hybridized carbons (Fsp3) is 0.200. The van der Waals surface area contributed by atoms with Gasteiger partial charge in [-0.3, -0.25) is 0 Å². The lowest BCUT2D eigenvalue weighted by Crippen LogP contribution is -2.06. The van der Waals surface area contributed by atoms with Gasteiger partial charge in [-0.1, -0.05) is 13.0 Å². The summed E-state index contributed by atoms with van der Waals surface area (Å²) in [6.07, 6.45) is 0. The van der Waals surface area contributed by atoms with E-state index in [1.165, 1.54) is 6.07 Å². The number of sulfone groups is 1. The molecule has 0 bridgehead atoms. The Morgan fingerprint density at radius 3 is 2.36 bits per heavy atom. The Hall–Kier alpha value is -1.47. The Bertz CT molecular complexity index is 794. The van der Waals surface area contributed by atoms with Crippen LogP contribution in [0, 0.1) is 11.6 Å². The summed E-state index contributed by atoms with van der Waals surface area (Å²) < 4.78 is 50.3. The van der Waals surface area contributed by atoms with Crippen LogP contribution in [0.3, 0.4) is 0 Å². The molecule has 2 rings (SSSR count). The maximum absolute atomic E-state index is 13.6. The van der Waals surface area contributed by atoms with E-state index in [1.54, 1.807) is 25.1 Å². The molecule has 0 amide bonds. The maximum atomic E-state index is 13.6. The molecule has 0 heterocycles. The smallest absolute Gasteiger partial charge is 0.154 e. The maximum Gasteiger partial charge on any atom is 0.154 e. The van der Waals surface area contributed by atoms with Crippen molar-refractivity contribution in [3.63, 3.8) is 0 Å². The lowest BCUT2D eigenvalue weighted by Gasteiger charge is -2.11. The molecule has 0 saturated heterocycles. The van der Waals surface area contributed by atoms with Gasteiger partial charge in [-0.15, -0.1) is 0 Å². The fourth-order valence-electron chi connectivity index (χ4n) is 1.84. The summed E-state index contributed by atoms with van der Waals surface area (Å²) in [5.41, 5.74) is 1.33. The first kappa shape index (κ1) is 16.9. The van der Waals surface area contributed by atoms with Crippen LogP contribution >= 0.6 is 15.9 Å². The highest BCUT2D eigenvalue weighted by Gasteiger charge is 2.11. The van der Waals surface area contributed by atoms with Gasteiger partial charge in [-0.05, 0) is 45.8 Å². The molecule has 0 aliphatic heterocycles. The van der Waals surface area contributed by atoms with Crippen molar-refractivity contribution in [2.45, 2.75) is 12.7 Å². The standard InChI is InChI=1S/C15H14BrF2NO2S/c1-2-22(20,21)9-10-3-5-14(12(16)7-10)19-15-6-4-11(17)8-13(15)18/h3-8,19H,2,9H2,1H3. The summed E-state index contributed by atoms with van der Waals surface area (Å²) in [7, 11) is -3.12. The summed E-state index contributed by atoms with van der Waals surface area (Å²) in [6.45, 7) is 1.59. The van der Waals surface area contributed by atoms with Crippen molar-refractivity contribution in [3.8, 4) is 0 Å². The van der Waals surface area contributed by atoms with Crippen molar-refractivity contribution in [2.75, 3.05) is 11.1 Å². The Kier molecular flexibility index (Phi) is 5.18. The van der Waals surface area contributed by atoms with E-state index in [0.29, 0.717) is 15.7 Å². The van der Waals surface area contributed by atoms with Gasteiger partial charge in [0, 0.05) is 16.3 Å². The lowest BCUT2D eigenvalue weighted by atomic mass is 10.2. The summed E-state index contributed by atoms with van der Waals surface area (Å²) in [5, 5.41) is 2.83. The molecule has 0 atom stereocenters. The summed E-state index contributed by atoms with van der Waals surface area (Å²) >= 11 is 3.32. The first-order valence-electron chi connectivity index (χ1n) is 6.51. The molecule has 1 N–H and O–H groups in total. The summed E-state index contributed by atoms with van der Waals surface area (Å²) in [4.78, 5) is 0. The van der Waals surface area contributed by atoms with E-state index in [0.717, 1.165) is 12.1 Å². The highest BCUT2D eigenvalue weighted by molar-refractivity contribution is 9.10. The van der Waals surface area contributed by atoms with Crippen molar-refractivity contribution in [1.82, 2.24) is 0 Å². The molecular formula is C15H14BrF2NO2S. The van der Waals surface area contributed by atoms with Crippen molar-refractivity contribution in [2.24, 2.45) is 0 Å².